The van der Waals surface area contributed by atoms with E-state index in [-0.39, 0.29) is 48.3 Å². The van der Waals surface area contributed by atoms with Gasteiger partial charge in [-0.25, -0.2) is 0 Å². The summed E-state index contributed by atoms with van der Waals surface area (Å²) in [4.78, 5) is 12.6. The first kappa shape index (κ1) is 16.8. The lowest BCUT2D eigenvalue weighted by atomic mass is 9.55. The number of hydrogen-bond donors (Lipinski definition) is 1. The Hall–Kier alpha value is -0.650. The highest BCUT2D eigenvalue weighted by atomic mass is 16.6. The van der Waals surface area contributed by atoms with Gasteiger partial charge in [0, 0.05) is 17.3 Å². The Morgan fingerprint density at radius 1 is 1.29 bits per heavy atom. The van der Waals surface area contributed by atoms with Gasteiger partial charge in [0.05, 0.1) is 26.6 Å². The fourth-order valence-corrected chi connectivity index (χ4v) is 6.70. The fraction of sp³-hybridized carbons (Fsp3) is 0.947. The van der Waals surface area contributed by atoms with Gasteiger partial charge in [0.25, 0.3) is 0 Å². The van der Waals surface area contributed by atoms with Crippen molar-refractivity contribution in [1.82, 2.24) is 0 Å². The lowest BCUT2D eigenvalue weighted by Crippen LogP contribution is -2.54. The number of nitrogens with zero attached hydrogens (tertiary/aromatic N) is 1. The Bertz CT molecular complexity index is 547. The summed E-state index contributed by atoms with van der Waals surface area (Å²) in [5.41, 5.74) is 0.0303. The van der Waals surface area contributed by atoms with E-state index < -0.39 is 0 Å². The van der Waals surface area contributed by atoms with Crippen LogP contribution in [0.15, 0.2) is 0 Å². The highest BCUT2D eigenvalue weighted by Crippen LogP contribution is 2.68. The number of fused-ring (bicyclic) bond motifs is 4. The van der Waals surface area contributed by atoms with Crippen LogP contribution in [0, 0.1) is 35.0 Å². The lowest BCUT2D eigenvalue weighted by Gasteiger charge is -2.46. The molecule has 2 aliphatic heterocycles. The van der Waals surface area contributed by atoms with Gasteiger partial charge in [-0.15, -0.1) is 0 Å². The lowest BCUT2D eigenvalue weighted by molar-refractivity contribution is -0.940. The van der Waals surface area contributed by atoms with Crippen LogP contribution < -0.4 is 0 Å². The molecular weight excluding hydrogens is 306 g/mol. The Kier molecular flexibility index (Phi) is 3.63. The van der Waals surface area contributed by atoms with Crippen molar-refractivity contribution in [3.8, 4) is 0 Å². The second-order valence-electron chi connectivity index (χ2n) is 9.58. The number of quaternary nitrogens is 1. The first-order valence-corrected chi connectivity index (χ1v) is 9.53. The van der Waals surface area contributed by atoms with E-state index in [0.29, 0.717) is 28.8 Å². The van der Waals surface area contributed by atoms with Crippen molar-refractivity contribution in [3.63, 3.8) is 0 Å². The van der Waals surface area contributed by atoms with Gasteiger partial charge in [0.15, 0.2) is 6.23 Å². The molecule has 2 bridgehead atoms. The van der Waals surface area contributed by atoms with E-state index in [9.17, 15) is 9.90 Å². The predicted octanol–water partition coefficient (Wildman–Crippen LogP) is 1.64. The highest BCUT2D eigenvalue weighted by molar-refractivity contribution is 5.77. The van der Waals surface area contributed by atoms with Crippen LogP contribution in [0.3, 0.4) is 0 Å². The molecule has 8 atom stereocenters. The molecule has 2 saturated carbocycles. The molecule has 1 N–H and O–H groups in total. The second kappa shape index (κ2) is 5.18. The maximum absolute atomic E-state index is 12.6. The Balaban J connectivity index is 1.74. The Morgan fingerprint density at radius 2 is 1.96 bits per heavy atom. The third-order valence-corrected chi connectivity index (χ3v) is 7.82. The zero-order valence-corrected chi connectivity index (χ0v) is 15.6. The van der Waals surface area contributed by atoms with Crippen LogP contribution in [0.5, 0.6) is 0 Å². The predicted molar refractivity (Wildman–Crippen MR) is 88.7 cm³/mol. The summed E-state index contributed by atoms with van der Waals surface area (Å²) in [7, 11) is 4.30. The Labute approximate surface area is 144 Å². The maximum Gasteiger partial charge on any atom is 0.310 e. The molecule has 0 aromatic carbocycles. The van der Waals surface area contributed by atoms with Crippen LogP contribution in [0.1, 0.15) is 33.6 Å². The maximum atomic E-state index is 12.6. The normalized spacial score (nSPS) is 49.6. The van der Waals surface area contributed by atoms with Crippen LogP contribution in [-0.4, -0.2) is 61.2 Å². The van der Waals surface area contributed by atoms with Gasteiger partial charge in [-0.3, -0.25) is 4.79 Å². The molecule has 0 aromatic heterocycles. The third kappa shape index (κ3) is 1.89. The number of ether oxygens (including phenoxy) is 2. The van der Waals surface area contributed by atoms with E-state index in [1.807, 2.05) is 0 Å². The number of hydrogen-bond acceptors (Lipinski definition) is 4. The van der Waals surface area contributed by atoms with E-state index in [0.717, 1.165) is 12.8 Å². The largest absolute Gasteiger partial charge is 0.459 e. The van der Waals surface area contributed by atoms with Gasteiger partial charge in [0.2, 0.25) is 0 Å². The molecule has 136 valence electrons. The van der Waals surface area contributed by atoms with E-state index in [1.54, 1.807) is 0 Å². The minimum absolute atomic E-state index is 0.00573. The Morgan fingerprint density at radius 3 is 2.58 bits per heavy atom. The number of carbonyl (C=O) groups is 1. The first-order chi connectivity index (χ1) is 11.2. The minimum atomic E-state index is -0.0940. The van der Waals surface area contributed by atoms with Crippen LogP contribution in [0.25, 0.3) is 0 Å². The molecule has 2 heterocycles. The molecule has 2 aliphatic carbocycles. The topological polar surface area (TPSA) is 55.8 Å². The standard InChI is InChI=1S/C19H32NO4/c1-10(2)13-14-11-6-7-12-17(20(4,5)8-9-21)24-16(19(11,12)3)15(13)23-18(14)22/h10-17,21H,6-9H2,1-5H3/q+1/t11-,12+,13-,14-,15+,16+,17-,19+/m0/s1. The van der Waals surface area contributed by atoms with Gasteiger partial charge >= 0.3 is 5.97 Å². The third-order valence-electron chi connectivity index (χ3n) is 7.82. The number of carbonyl (C=O) groups excluding carboxylic acids is 1. The molecule has 4 fully saturated rings. The van der Waals surface area contributed by atoms with Crippen molar-refractivity contribution in [3.05, 3.63) is 0 Å². The van der Waals surface area contributed by atoms with Crippen molar-refractivity contribution < 1.29 is 23.9 Å². The summed E-state index contributed by atoms with van der Waals surface area (Å²) in [6.45, 7) is 7.62. The summed E-state index contributed by atoms with van der Waals surface area (Å²) in [6.07, 6.45) is 2.22. The summed E-state index contributed by atoms with van der Waals surface area (Å²) in [5.74, 6) is 1.61. The summed E-state index contributed by atoms with van der Waals surface area (Å²) in [6, 6.07) is 0. The molecule has 4 aliphatic rings. The summed E-state index contributed by atoms with van der Waals surface area (Å²) in [5, 5.41) is 9.47. The number of aliphatic hydroxyl groups is 1. The molecule has 0 radical (unpaired) electrons. The molecule has 4 rings (SSSR count). The molecule has 0 aromatic rings. The quantitative estimate of drug-likeness (QED) is 0.625. The molecule has 0 spiro atoms. The fourth-order valence-electron chi connectivity index (χ4n) is 6.70. The summed E-state index contributed by atoms with van der Waals surface area (Å²) < 4.78 is 13.2. The second-order valence-corrected chi connectivity index (χ2v) is 9.58. The van der Waals surface area contributed by atoms with E-state index >= 15 is 0 Å². The first-order valence-electron chi connectivity index (χ1n) is 9.53. The molecule has 5 nitrogen and oxygen atoms in total. The van der Waals surface area contributed by atoms with E-state index in [4.69, 9.17) is 9.47 Å². The smallest absolute Gasteiger partial charge is 0.310 e. The van der Waals surface area contributed by atoms with Crippen molar-refractivity contribution in [1.29, 1.82) is 0 Å². The van der Waals surface area contributed by atoms with Gasteiger partial charge in [-0.2, -0.15) is 0 Å². The summed E-state index contributed by atoms with van der Waals surface area (Å²) >= 11 is 0. The average molecular weight is 338 g/mol. The molecule has 2 saturated heterocycles. The van der Waals surface area contributed by atoms with E-state index in [2.05, 4.69) is 34.9 Å². The van der Waals surface area contributed by atoms with Crippen molar-refractivity contribution >= 4 is 5.97 Å². The molecule has 24 heavy (non-hydrogen) atoms. The van der Waals surface area contributed by atoms with Crippen LogP contribution >= 0.6 is 0 Å². The number of aliphatic hydroxyl groups excluding tert-OH is 1. The van der Waals surface area contributed by atoms with E-state index in [1.165, 1.54) is 0 Å². The number of esters is 1. The van der Waals surface area contributed by atoms with Gasteiger partial charge in [-0.05, 0) is 24.7 Å². The van der Waals surface area contributed by atoms with Gasteiger partial charge in [-0.1, -0.05) is 20.8 Å². The number of rotatable bonds is 4. The van der Waals surface area contributed by atoms with Gasteiger partial charge < -0.3 is 19.1 Å². The zero-order chi connectivity index (χ0) is 17.4. The molecule has 0 unspecified atom stereocenters. The molecular formula is C19H32NO4+. The SMILES string of the molecule is CC(C)[C@@H]1[C@H]2OC(=O)[C@H]1[C@@H]1CC[C@@H]3[C@@H]([N+](C)(C)CCO)O[C@H]2[C@@]31C. The number of likely N-dealkylation sites (N-methyl/N-ethyl adjacent to an activating group) is 1. The highest BCUT2D eigenvalue weighted by Gasteiger charge is 2.75. The minimum Gasteiger partial charge on any atom is -0.459 e. The zero-order valence-electron chi connectivity index (χ0n) is 15.6. The average Bonchev–Trinajstić information content (AvgIpc) is 3.06. The van der Waals surface area contributed by atoms with Crippen LogP contribution in [0.4, 0.5) is 0 Å². The van der Waals surface area contributed by atoms with Crippen molar-refractivity contribution in [2.45, 2.75) is 52.0 Å². The molecule has 5 heteroatoms. The molecule has 0 amide bonds. The monoisotopic (exact) mass is 338 g/mol. The van der Waals surface area contributed by atoms with Gasteiger partial charge in [0.1, 0.15) is 18.8 Å². The van der Waals surface area contributed by atoms with Crippen LogP contribution in [0.2, 0.25) is 0 Å². The van der Waals surface area contributed by atoms with Crippen molar-refractivity contribution in [2.75, 3.05) is 27.2 Å². The van der Waals surface area contributed by atoms with Crippen LogP contribution in [-0.2, 0) is 14.3 Å². The van der Waals surface area contributed by atoms with Crippen molar-refractivity contribution in [2.24, 2.45) is 35.0 Å².